The molecule has 3 fully saturated rings. The zero-order valence-electron chi connectivity index (χ0n) is 17.6. The van der Waals surface area contributed by atoms with Crippen molar-refractivity contribution in [3.63, 3.8) is 0 Å². The highest BCUT2D eigenvalue weighted by atomic mass is 16.6. The fourth-order valence-electron chi connectivity index (χ4n) is 7.63. The van der Waals surface area contributed by atoms with Gasteiger partial charge in [0.15, 0.2) is 17.2 Å². The number of ether oxygens (including phenoxy) is 1. The molecular formula is C24H32O4. The summed E-state index contributed by atoms with van der Waals surface area (Å²) >= 11 is 0. The van der Waals surface area contributed by atoms with E-state index in [1.807, 2.05) is 6.08 Å². The number of carbonyl (C=O) groups is 3. The van der Waals surface area contributed by atoms with Crippen LogP contribution < -0.4 is 0 Å². The largest absolute Gasteiger partial charge is 0.451 e. The first kappa shape index (κ1) is 19.6. The van der Waals surface area contributed by atoms with Crippen LogP contribution in [-0.4, -0.2) is 23.1 Å². The van der Waals surface area contributed by atoms with Crippen LogP contribution in [0.5, 0.6) is 0 Å². The maximum atomic E-state index is 12.8. The summed E-state index contributed by atoms with van der Waals surface area (Å²) in [5.41, 5.74) is 0.944. The highest BCUT2D eigenvalue weighted by Gasteiger charge is 2.68. The normalized spacial score (nSPS) is 44.9. The molecule has 3 saturated carbocycles. The van der Waals surface area contributed by atoms with Crippen LogP contribution in [0.1, 0.15) is 72.6 Å². The average molecular weight is 385 g/mol. The van der Waals surface area contributed by atoms with Gasteiger partial charge >= 0.3 is 5.97 Å². The second-order valence-electron chi connectivity index (χ2n) is 10.1. The molecule has 152 valence electrons. The molecule has 4 aliphatic carbocycles. The van der Waals surface area contributed by atoms with Gasteiger partial charge in [0.25, 0.3) is 0 Å². The third-order valence-electron chi connectivity index (χ3n) is 8.94. The molecule has 0 radical (unpaired) electrons. The summed E-state index contributed by atoms with van der Waals surface area (Å²) in [7, 11) is 0. The quantitative estimate of drug-likeness (QED) is 0.654. The second-order valence-corrected chi connectivity index (χ2v) is 10.1. The van der Waals surface area contributed by atoms with Gasteiger partial charge < -0.3 is 4.74 Å². The van der Waals surface area contributed by atoms with Gasteiger partial charge in [0.2, 0.25) is 0 Å². The van der Waals surface area contributed by atoms with Gasteiger partial charge in [-0.25, -0.2) is 0 Å². The van der Waals surface area contributed by atoms with Crippen LogP contribution in [0.15, 0.2) is 23.8 Å². The molecular weight excluding hydrogens is 352 g/mol. The first-order chi connectivity index (χ1) is 13.0. The van der Waals surface area contributed by atoms with Crippen molar-refractivity contribution in [2.45, 2.75) is 78.2 Å². The summed E-state index contributed by atoms with van der Waals surface area (Å²) in [6.45, 7) is 11.8. The Labute approximate surface area is 167 Å². The Morgan fingerprint density at radius 3 is 2.43 bits per heavy atom. The van der Waals surface area contributed by atoms with Crippen molar-refractivity contribution in [2.24, 2.45) is 28.6 Å². The summed E-state index contributed by atoms with van der Waals surface area (Å²) in [5.74, 6) is 1.10. The summed E-state index contributed by atoms with van der Waals surface area (Å²) < 4.78 is 5.82. The van der Waals surface area contributed by atoms with Crippen LogP contribution in [0.25, 0.3) is 0 Å². The molecule has 0 unspecified atom stereocenters. The molecule has 4 nitrogen and oxygen atoms in total. The molecule has 4 rings (SSSR count). The van der Waals surface area contributed by atoms with E-state index in [9.17, 15) is 14.4 Å². The lowest BCUT2D eigenvalue weighted by Crippen LogP contribution is -2.58. The first-order valence-corrected chi connectivity index (χ1v) is 10.7. The third kappa shape index (κ3) is 2.39. The average Bonchev–Trinajstić information content (AvgIpc) is 2.90. The van der Waals surface area contributed by atoms with Crippen molar-refractivity contribution in [1.82, 2.24) is 0 Å². The molecule has 28 heavy (non-hydrogen) atoms. The van der Waals surface area contributed by atoms with Crippen LogP contribution in [0.2, 0.25) is 0 Å². The van der Waals surface area contributed by atoms with E-state index in [1.54, 1.807) is 6.92 Å². The van der Waals surface area contributed by atoms with Gasteiger partial charge in [-0.05, 0) is 80.3 Å². The molecule has 0 aromatic heterocycles. The Hall–Kier alpha value is -1.71. The molecule has 4 aliphatic rings. The standard InChI is InChI=1S/C24H32O4/c1-14-12-18-19(22(4)9-6-17(27)13-21(14)22)7-10-23(5)20(18)8-11-24(23,15(2)25)28-16(3)26/h13,18-20H,1,6-12H2,2-5H3/t18-,19+,20+,22+,23-,24-/m0/s1. The molecule has 0 aromatic rings. The number of ketones is 2. The van der Waals surface area contributed by atoms with Crippen LogP contribution in [-0.2, 0) is 19.1 Å². The predicted molar refractivity (Wildman–Crippen MR) is 106 cm³/mol. The molecule has 0 aromatic carbocycles. The topological polar surface area (TPSA) is 60.4 Å². The van der Waals surface area contributed by atoms with Crippen LogP contribution in [0, 0.1) is 28.6 Å². The van der Waals surface area contributed by atoms with Gasteiger partial charge in [-0.3, -0.25) is 14.4 Å². The number of fused-ring (bicyclic) bond motifs is 5. The third-order valence-corrected chi connectivity index (χ3v) is 8.94. The Kier molecular flexibility index (Phi) is 4.30. The van der Waals surface area contributed by atoms with Crippen molar-refractivity contribution in [3.8, 4) is 0 Å². The van der Waals surface area contributed by atoms with E-state index in [2.05, 4.69) is 20.4 Å². The molecule has 4 heteroatoms. The second kappa shape index (κ2) is 6.14. The lowest BCUT2D eigenvalue weighted by molar-refractivity contribution is -0.186. The van der Waals surface area contributed by atoms with Crippen molar-refractivity contribution in [3.05, 3.63) is 23.8 Å². The highest BCUT2D eigenvalue weighted by Crippen LogP contribution is 2.68. The molecule has 0 N–H and O–H groups in total. The molecule has 0 bridgehead atoms. The SMILES string of the molecule is C=C1C[C@H]2[C@@H](CC[C@@]3(C)[C@@H]2CC[C@]3(OC(C)=O)C(C)=O)[C@@]2(C)CCC(=O)C=C12. The Morgan fingerprint density at radius 2 is 1.79 bits per heavy atom. The Morgan fingerprint density at radius 1 is 1.11 bits per heavy atom. The minimum Gasteiger partial charge on any atom is -0.451 e. The molecule has 0 heterocycles. The highest BCUT2D eigenvalue weighted by molar-refractivity contribution is 5.92. The van der Waals surface area contributed by atoms with Gasteiger partial charge in [0, 0.05) is 18.8 Å². The number of Topliss-reactive ketones (excluding diaryl/α,β-unsaturated/α-hetero) is 1. The van der Waals surface area contributed by atoms with E-state index in [1.165, 1.54) is 12.5 Å². The molecule has 0 aliphatic heterocycles. The number of hydrogen-bond donors (Lipinski definition) is 0. The zero-order valence-corrected chi connectivity index (χ0v) is 17.6. The Bertz CT molecular complexity index is 807. The number of hydrogen-bond acceptors (Lipinski definition) is 4. The van der Waals surface area contributed by atoms with E-state index in [0.29, 0.717) is 30.6 Å². The minimum absolute atomic E-state index is 0.00184. The maximum absolute atomic E-state index is 12.8. The monoisotopic (exact) mass is 384 g/mol. The van der Waals surface area contributed by atoms with Crippen molar-refractivity contribution in [2.75, 3.05) is 0 Å². The number of carbonyl (C=O) groups excluding carboxylic acids is 3. The van der Waals surface area contributed by atoms with E-state index < -0.39 is 5.60 Å². The molecule has 0 amide bonds. The van der Waals surface area contributed by atoms with E-state index in [0.717, 1.165) is 37.7 Å². The number of rotatable bonds is 2. The van der Waals surface area contributed by atoms with E-state index in [-0.39, 0.29) is 28.4 Å². The van der Waals surface area contributed by atoms with Gasteiger partial charge in [-0.15, -0.1) is 0 Å². The van der Waals surface area contributed by atoms with Gasteiger partial charge in [-0.2, -0.15) is 0 Å². The smallest absolute Gasteiger partial charge is 0.303 e. The van der Waals surface area contributed by atoms with Crippen LogP contribution >= 0.6 is 0 Å². The number of allylic oxidation sites excluding steroid dienone is 2. The predicted octanol–water partition coefficient (Wildman–Crippen LogP) is 4.58. The van der Waals surface area contributed by atoms with Gasteiger partial charge in [0.1, 0.15) is 0 Å². The van der Waals surface area contributed by atoms with E-state index >= 15 is 0 Å². The zero-order chi connectivity index (χ0) is 20.5. The molecule has 0 spiro atoms. The molecule has 6 atom stereocenters. The van der Waals surface area contributed by atoms with Gasteiger partial charge in [0.05, 0.1) is 0 Å². The van der Waals surface area contributed by atoms with Crippen LogP contribution in [0.3, 0.4) is 0 Å². The fourth-order valence-corrected chi connectivity index (χ4v) is 7.63. The number of esters is 1. The van der Waals surface area contributed by atoms with Crippen LogP contribution in [0.4, 0.5) is 0 Å². The molecule has 0 saturated heterocycles. The van der Waals surface area contributed by atoms with Crippen molar-refractivity contribution >= 4 is 17.5 Å². The Balaban J connectivity index is 1.75. The van der Waals surface area contributed by atoms with Crippen molar-refractivity contribution in [1.29, 1.82) is 0 Å². The summed E-state index contributed by atoms with van der Waals surface area (Å²) in [6, 6.07) is 0. The lowest BCUT2D eigenvalue weighted by Gasteiger charge is -2.59. The summed E-state index contributed by atoms with van der Waals surface area (Å²) in [4.78, 5) is 36.7. The van der Waals surface area contributed by atoms with Gasteiger partial charge in [-0.1, -0.05) is 26.0 Å². The fraction of sp³-hybridized carbons (Fsp3) is 0.708. The maximum Gasteiger partial charge on any atom is 0.303 e. The summed E-state index contributed by atoms with van der Waals surface area (Å²) in [6.07, 6.45) is 7.66. The van der Waals surface area contributed by atoms with Crippen molar-refractivity contribution < 1.29 is 19.1 Å². The first-order valence-electron chi connectivity index (χ1n) is 10.7. The minimum atomic E-state index is -0.991. The lowest BCUT2D eigenvalue weighted by atomic mass is 9.45. The summed E-state index contributed by atoms with van der Waals surface area (Å²) in [5, 5.41) is 0. The van der Waals surface area contributed by atoms with E-state index in [4.69, 9.17) is 4.74 Å².